The molecule has 0 unspecified atom stereocenters. The summed E-state index contributed by atoms with van der Waals surface area (Å²) < 4.78 is 5.31. The van der Waals surface area contributed by atoms with E-state index in [1.807, 2.05) is 0 Å². The normalized spacial score (nSPS) is 23.4. The maximum absolute atomic E-state index is 11.9. The van der Waals surface area contributed by atoms with Crippen LogP contribution in [-0.4, -0.2) is 55.7 Å². The molecule has 1 saturated carbocycles. The van der Waals surface area contributed by atoms with Crippen LogP contribution in [0.3, 0.4) is 0 Å². The Bertz CT molecular complexity index is 297. The predicted molar refractivity (Wildman–Crippen MR) is 79.5 cm³/mol. The molecular weight excluding hydrogens is 254 g/mol. The molecule has 2 fully saturated rings. The van der Waals surface area contributed by atoms with Gasteiger partial charge in [0.05, 0.1) is 13.2 Å². The first-order valence-electron chi connectivity index (χ1n) is 8.04. The van der Waals surface area contributed by atoms with Gasteiger partial charge in [0.1, 0.15) is 0 Å². The second kappa shape index (κ2) is 7.96. The van der Waals surface area contributed by atoms with Crippen molar-refractivity contribution < 1.29 is 9.53 Å². The standard InChI is InChI=1S/C15H29N3O2/c16-15(5-2-1-3-6-15)13-14(19)17-7-4-8-18-9-11-20-12-10-18/h1-13,16H2,(H,17,19). The van der Waals surface area contributed by atoms with Gasteiger partial charge in [-0.2, -0.15) is 0 Å². The van der Waals surface area contributed by atoms with E-state index in [0.29, 0.717) is 6.42 Å². The Kier molecular flexibility index (Phi) is 6.26. The average Bonchev–Trinajstić information content (AvgIpc) is 2.45. The van der Waals surface area contributed by atoms with Gasteiger partial charge in [-0.3, -0.25) is 9.69 Å². The first-order valence-corrected chi connectivity index (χ1v) is 8.04. The molecule has 0 aromatic carbocycles. The van der Waals surface area contributed by atoms with Crippen LogP contribution in [0.25, 0.3) is 0 Å². The molecule has 1 saturated heterocycles. The SMILES string of the molecule is NC1(CC(=O)NCCCN2CCOCC2)CCCCC1. The predicted octanol–water partition coefficient (Wildman–Crippen LogP) is 0.877. The number of amides is 1. The van der Waals surface area contributed by atoms with Crippen molar-refractivity contribution in [2.45, 2.75) is 50.5 Å². The third kappa shape index (κ3) is 5.38. The Morgan fingerprint density at radius 2 is 1.90 bits per heavy atom. The van der Waals surface area contributed by atoms with Gasteiger partial charge < -0.3 is 15.8 Å². The van der Waals surface area contributed by atoms with Crippen LogP contribution in [0, 0.1) is 0 Å². The van der Waals surface area contributed by atoms with Crippen LogP contribution in [0.5, 0.6) is 0 Å². The van der Waals surface area contributed by atoms with Gasteiger partial charge in [0.25, 0.3) is 0 Å². The van der Waals surface area contributed by atoms with E-state index in [4.69, 9.17) is 10.5 Å². The number of ether oxygens (including phenoxy) is 1. The Morgan fingerprint density at radius 3 is 2.60 bits per heavy atom. The molecule has 2 rings (SSSR count). The van der Waals surface area contributed by atoms with Gasteiger partial charge in [0.2, 0.25) is 5.91 Å². The molecule has 0 aromatic heterocycles. The van der Waals surface area contributed by atoms with E-state index in [-0.39, 0.29) is 11.4 Å². The Hall–Kier alpha value is -0.650. The van der Waals surface area contributed by atoms with Gasteiger partial charge in [-0.15, -0.1) is 0 Å². The van der Waals surface area contributed by atoms with E-state index in [1.165, 1.54) is 19.3 Å². The number of rotatable bonds is 6. The van der Waals surface area contributed by atoms with Crippen molar-refractivity contribution in [1.29, 1.82) is 0 Å². The quantitative estimate of drug-likeness (QED) is 0.710. The van der Waals surface area contributed by atoms with E-state index in [0.717, 1.165) is 58.7 Å². The number of nitrogens with one attached hydrogen (secondary N) is 1. The fraction of sp³-hybridized carbons (Fsp3) is 0.933. The van der Waals surface area contributed by atoms with E-state index in [9.17, 15) is 4.79 Å². The summed E-state index contributed by atoms with van der Waals surface area (Å²) in [6.07, 6.45) is 7.08. The molecule has 0 atom stereocenters. The molecular formula is C15H29N3O2. The second-order valence-electron chi connectivity index (χ2n) is 6.26. The van der Waals surface area contributed by atoms with Crippen LogP contribution in [0.4, 0.5) is 0 Å². The van der Waals surface area contributed by atoms with Gasteiger partial charge in [0.15, 0.2) is 0 Å². The van der Waals surface area contributed by atoms with Gasteiger partial charge >= 0.3 is 0 Å². The molecule has 2 aliphatic rings. The maximum atomic E-state index is 11.9. The van der Waals surface area contributed by atoms with E-state index in [2.05, 4.69) is 10.2 Å². The molecule has 0 spiro atoms. The lowest BCUT2D eigenvalue weighted by Gasteiger charge is -2.32. The lowest BCUT2D eigenvalue weighted by atomic mass is 9.80. The molecule has 116 valence electrons. The molecule has 3 N–H and O–H groups in total. The van der Waals surface area contributed by atoms with Crippen LogP contribution >= 0.6 is 0 Å². The van der Waals surface area contributed by atoms with Gasteiger partial charge in [-0.25, -0.2) is 0 Å². The van der Waals surface area contributed by atoms with Crippen molar-refractivity contribution in [2.75, 3.05) is 39.4 Å². The molecule has 5 nitrogen and oxygen atoms in total. The van der Waals surface area contributed by atoms with Crippen molar-refractivity contribution >= 4 is 5.91 Å². The van der Waals surface area contributed by atoms with Crippen molar-refractivity contribution in [1.82, 2.24) is 10.2 Å². The highest BCUT2D eigenvalue weighted by molar-refractivity contribution is 5.77. The first kappa shape index (κ1) is 15.7. The molecule has 1 aliphatic carbocycles. The van der Waals surface area contributed by atoms with Crippen LogP contribution in [0.15, 0.2) is 0 Å². The van der Waals surface area contributed by atoms with E-state index >= 15 is 0 Å². The number of carbonyl (C=O) groups excluding carboxylic acids is 1. The zero-order valence-corrected chi connectivity index (χ0v) is 12.5. The van der Waals surface area contributed by atoms with Gasteiger partial charge in [-0.05, 0) is 25.8 Å². The minimum Gasteiger partial charge on any atom is -0.379 e. The van der Waals surface area contributed by atoms with E-state index < -0.39 is 0 Å². The largest absolute Gasteiger partial charge is 0.379 e. The topological polar surface area (TPSA) is 67.6 Å². The summed E-state index contributed by atoms with van der Waals surface area (Å²) in [5.74, 6) is 0.122. The fourth-order valence-electron chi connectivity index (χ4n) is 3.17. The Balaban J connectivity index is 1.55. The third-order valence-electron chi connectivity index (χ3n) is 4.44. The monoisotopic (exact) mass is 283 g/mol. The van der Waals surface area contributed by atoms with Gasteiger partial charge in [-0.1, -0.05) is 19.3 Å². The van der Waals surface area contributed by atoms with Crippen LogP contribution < -0.4 is 11.1 Å². The summed E-state index contributed by atoms with van der Waals surface area (Å²) in [5, 5.41) is 3.02. The number of carbonyl (C=O) groups is 1. The lowest BCUT2D eigenvalue weighted by molar-refractivity contribution is -0.122. The summed E-state index contributed by atoms with van der Waals surface area (Å²) in [7, 11) is 0. The Labute approximate surface area is 122 Å². The van der Waals surface area contributed by atoms with Crippen molar-refractivity contribution in [3.8, 4) is 0 Å². The molecule has 5 heteroatoms. The minimum atomic E-state index is -0.244. The number of nitrogens with two attached hydrogens (primary N) is 1. The molecule has 0 radical (unpaired) electrons. The summed E-state index contributed by atoms with van der Waals surface area (Å²) in [5.41, 5.74) is 6.05. The number of hydrogen-bond acceptors (Lipinski definition) is 4. The second-order valence-corrected chi connectivity index (χ2v) is 6.26. The third-order valence-corrected chi connectivity index (χ3v) is 4.44. The Morgan fingerprint density at radius 1 is 1.20 bits per heavy atom. The maximum Gasteiger partial charge on any atom is 0.221 e. The summed E-state index contributed by atoms with van der Waals surface area (Å²) in [6.45, 7) is 5.49. The fourth-order valence-corrected chi connectivity index (χ4v) is 3.17. The van der Waals surface area contributed by atoms with Crippen LogP contribution in [-0.2, 0) is 9.53 Å². The minimum absolute atomic E-state index is 0.122. The molecule has 1 aliphatic heterocycles. The van der Waals surface area contributed by atoms with E-state index in [1.54, 1.807) is 0 Å². The summed E-state index contributed by atoms with van der Waals surface area (Å²) in [4.78, 5) is 14.3. The van der Waals surface area contributed by atoms with Crippen LogP contribution in [0.1, 0.15) is 44.9 Å². The van der Waals surface area contributed by atoms with Crippen molar-refractivity contribution in [3.05, 3.63) is 0 Å². The average molecular weight is 283 g/mol. The molecule has 1 heterocycles. The van der Waals surface area contributed by atoms with Crippen LogP contribution in [0.2, 0.25) is 0 Å². The number of morpholine rings is 1. The van der Waals surface area contributed by atoms with Crippen molar-refractivity contribution in [3.63, 3.8) is 0 Å². The first-order chi connectivity index (χ1) is 9.68. The van der Waals surface area contributed by atoms with Gasteiger partial charge in [0, 0.05) is 31.6 Å². The lowest BCUT2D eigenvalue weighted by Crippen LogP contribution is -2.46. The summed E-state index contributed by atoms with van der Waals surface area (Å²) >= 11 is 0. The molecule has 0 aromatic rings. The molecule has 0 bridgehead atoms. The molecule has 20 heavy (non-hydrogen) atoms. The smallest absolute Gasteiger partial charge is 0.221 e. The number of nitrogens with zero attached hydrogens (tertiary/aromatic N) is 1. The highest BCUT2D eigenvalue weighted by Crippen LogP contribution is 2.28. The zero-order chi connectivity index (χ0) is 14.3. The highest BCUT2D eigenvalue weighted by Gasteiger charge is 2.29. The number of hydrogen-bond donors (Lipinski definition) is 2. The zero-order valence-electron chi connectivity index (χ0n) is 12.5. The van der Waals surface area contributed by atoms with Crippen molar-refractivity contribution in [2.24, 2.45) is 5.73 Å². The molecule has 1 amide bonds. The highest BCUT2D eigenvalue weighted by atomic mass is 16.5. The summed E-state index contributed by atoms with van der Waals surface area (Å²) in [6, 6.07) is 0.